The van der Waals surface area contributed by atoms with Crippen LogP contribution in [0.2, 0.25) is 0 Å². The van der Waals surface area contributed by atoms with Gasteiger partial charge in [-0.05, 0) is 51.4 Å². The van der Waals surface area contributed by atoms with E-state index in [-0.39, 0.29) is 32.0 Å². The fourth-order valence-electron chi connectivity index (χ4n) is 7.29. The first kappa shape index (κ1) is 62.0. The minimum atomic E-state index is -4.62. The number of hydrogen-bond donors (Lipinski definition) is 0. The lowest BCUT2D eigenvalue weighted by Crippen LogP contribution is -2.37. The Labute approximate surface area is 394 Å². The van der Waals surface area contributed by atoms with Crippen molar-refractivity contribution in [3.05, 3.63) is 48.6 Å². The number of hydrogen-bond acceptors (Lipinski definition) is 8. The van der Waals surface area contributed by atoms with Crippen LogP contribution in [0.15, 0.2) is 48.6 Å². The van der Waals surface area contributed by atoms with Gasteiger partial charge in [-0.25, -0.2) is 0 Å². The zero-order valence-corrected chi connectivity index (χ0v) is 43.1. The Morgan fingerprint density at radius 1 is 0.500 bits per heavy atom. The highest BCUT2D eigenvalue weighted by Gasteiger charge is 2.21. The van der Waals surface area contributed by atoms with Crippen LogP contribution in [0.1, 0.15) is 232 Å². The average Bonchev–Trinajstić information content (AvgIpc) is 3.25. The van der Waals surface area contributed by atoms with Crippen LogP contribution in [0.5, 0.6) is 0 Å². The molecule has 0 saturated heterocycles. The monoisotopic (exact) mass is 922 g/mol. The summed E-state index contributed by atoms with van der Waals surface area (Å²) in [5.41, 5.74) is 0. The number of quaternary nitrogens is 1. The number of phosphoric ester groups is 1. The third-order valence-electron chi connectivity index (χ3n) is 11.4. The smallest absolute Gasteiger partial charge is 0.306 e. The number of allylic oxidation sites excluding steroid dienone is 8. The fourth-order valence-corrected chi connectivity index (χ4v) is 8.02. The Morgan fingerprint density at radius 2 is 0.891 bits per heavy atom. The second kappa shape index (κ2) is 46.1. The molecule has 0 bridgehead atoms. The van der Waals surface area contributed by atoms with Crippen molar-refractivity contribution in [3.8, 4) is 0 Å². The number of rotatable bonds is 48. The molecule has 64 heavy (non-hydrogen) atoms. The highest BCUT2D eigenvalue weighted by molar-refractivity contribution is 7.45. The molecule has 0 amide bonds. The number of nitrogens with zero attached hydrogens (tertiary/aromatic N) is 1. The number of phosphoric acid groups is 1. The van der Waals surface area contributed by atoms with Gasteiger partial charge in [0.25, 0.3) is 7.82 Å². The van der Waals surface area contributed by atoms with Gasteiger partial charge in [0, 0.05) is 12.8 Å². The SMILES string of the molecule is CC/C=C\C/C=C\C/C=C\C/C=C\CCCCCCCCCCCCCCCCCCCCCCC(=O)OC(COC(=O)CCCCCCCCC)COP(=O)([O-])OCC[N+](C)(C)C. The van der Waals surface area contributed by atoms with E-state index in [9.17, 15) is 19.0 Å². The van der Waals surface area contributed by atoms with Crippen molar-refractivity contribution in [3.63, 3.8) is 0 Å². The van der Waals surface area contributed by atoms with Crippen molar-refractivity contribution in [1.29, 1.82) is 0 Å². The molecule has 0 aliphatic rings. The summed E-state index contributed by atoms with van der Waals surface area (Å²) in [6.45, 7) is 4.08. The third kappa shape index (κ3) is 49.4. The van der Waals surface area contributed by atoms with Crippen LogP contribution in [-0.2, 0) is 32.7 Å². The van der Waals surface area contributed by atoms with E-state index in [1.54, 1.807) is 0 Å². The molecule has 0 N–H and O–H groups in total. The van der Waals surface area contributed by atoms with Crippen molar-refractivity contribution >= 4 is 19.8 Å². The number of ether oxygens (including phenoxy) is 2. The number of likely N-dealkylation sites (N-methyl/N-ethyl adjacent to an activating group) is 1. The van der Waals surface area contributed by atoms with E-state index in [2.05, 4.69) is 62.5 Å². The van der Waals surface area contributed by atoms with Gasteiger partial charge < -0.3 is 27.9 Å². The second-order valence-electron chi connectivity index (χ2n) is 18.9. The topological polar surface area (TPSA) is 111 Å². The van der Waals surface area contributed by atoms with Gasteiger partial charge in [0.1, 0.15) is 19.8 Å². The first-order chi connectivity index (χ1) is 31.0. The fraction of sp³-hybridized carbons (Fsp3) is 0.815. The molecule has 2 unspecified atom stereocenters. The molecular formula is C54H100NO8P. The maximum absolute atomic E-state index is 12.7. The average molecular weight is 922 g/mol. The summed E-state index contributed by atoms with van der Waals surface area (Å²) in [6.07, 6.45) is 56.3. The number of unbranched alkanes of at least 4 members (excludes halogenated alkanes) is 26. The van der Waals surface area contributed by atoms with Crippen molar-refractivity contribution in [2.75, 3.05) is 47.5 Å². The van der Waals surface area contributed by atoms with E-state index in [4.69, 9.17) is 18.5 Å². The van der Waals surface area contributed by atoms with Crippen molar-refractivity contribution in [2.45, 2.75) is 238 Å². The van der Waals surface area contributed by atoms with E-state index >= 15 is 0 Å². The largest absolute Gasteiger partial charge is 0.756 e. The summed E-state index contributed by atoms with van der Waals surface area (Å²) < 4.78 is 33.9. The lowest BCUT2D eigenvalue weighted by Gasteiger charge is -2.28. The van der Waals surface area contributed by atoms with Crippen LogP contribution in [0, 0.1) is 0 Å². The molecule has 2 atom stereocenters. The first-order valence-corrected chi connectivity index (χ1v) is 27.8. The predicted octanol–water partition coefficient (Wildman–Crippen LogP) is 15.2. The summed E-state index contributed by atoms with van der Waals surface area (Å²) in [6, 6.07) is 0. The minimum Gasteiger partial charge on any atom is -0.756 e. The van der Waals surface area contributed by atoms with E-state index < -0.39 is 26.5 Å². The standard InChI is InChI=1S/C54H100NO8P/c1-6-8-10-12-14-15-16-17-18-19-20-21-22-23-24-25-26-27-28-29-30-31-32-33-34-35-36-37-38-39-41-43-45-47-54(57)63-52(51-62-64(58,59)61-49-48-55(3,4)5)50-60-53(56)46-44-42-40-13-11-9-7-2/h8,10,14-15,17-18,20-21,52H,6-7,9,11-13,16,19,22-51H2,1-5H3/b10-8-,15-14-,18-17-,21-20-. The Morgan fingerprint density at radius 3 is 1.33 bits per heavy atom. The zero-order valence-electron chi connectivity index (χ0n) is 42.2. The number of carbonyl (C=O) groups is 2. The molecule has 374 valence electrons. The Hall–Kier alpha value is -2.03. The summed E-state index contributed by atoms with van der Waals surface area (Å²) in [5.74, 6) is -0.833. The van der Waals surface area contributed by atoms with Crippen LogP contribution in [0.25, 0.3) is 0 Å². The van der Waals surface area contributed by atoms with Crippen LogP contribution >= 0.6 is 7.82 Å². The Bertz CT molecular complexity index is 1230. The molecule has 0 heterocycles. The van der Waals surface area contributed by atoms with E-state index in [0.29, 0.717) is 17.4 Å². The molecule has 0 rings (SSSR count). The zero-order chi connectivity index (χ0) is 47.1. The molecule has 0 saturated carbocycles. The molecule has 9 nitrogen and oxygen atoms in total. The molecule has 0 aromatic heterocycles. The molecule has 0 fully saturated rings. The van der Waals surface area contributed by atoms with Crippen molar-refractivity contribution < 1.29 is 42.1 Å². The third-order valence-corrected chi connectivity index (χ3v) is 12.3. The molecule has 0 aromatic rings. The summed E-state index contributed by atoms with van der Waals surface area (Å²) in [5, 5.41) is 0. The van der Waals surface area contributed by atoms with E-state index in [1.165, 1.54) is 141 Å². The Kier molecular flexibility index (Phi) is 44.6. The normalized spacial score (nSPS) is 13.8. The van der Waals surface area contributed by atoms with E-state index in [0.717, 1.165) is 57.8 Å². The quantitative estimate of drug-likeness (QED) is 0.0195. The minimum absolute atomic E-state index is 0.0291. The Balaban J connectivity index is 3.90. The molecule has 0 aliphatic heterocycles. The van der Waals surface area contributed by atoms with Gasteiger partial charge in [-0.1, -0.05) is 217 Å². The van der Waals surface area contributed by atoms with Gasteiger partial charge in [-0.3, -0.25) is 14.2 Å². The lowest BCUT2D eigenvalue weighted by atomic mass is 10.0. The number of carbonyl (C=O) groups excluding carboxylic acids is 2. The maximum Gasteiger partial charge on any atom is 0.306 e. The molecule has 0 aromatic carbocycles. The van der Waals surface area contributed by atoms with E-state index in [1.807, 2.05) is 21.1 Å². The van der Waals surface area contributed by atoms with Crippen LogP contribution in [-0.4, -0.2) is 70.0 Å². The molecule has 0 spiro atoms. The lowest BCUT2D eigenvalue weighted by molar-refractivity contribution is -0.870. The molecule has 0 aliphatic carbocycles. The predicted molar refractivity (Wildman–Crippen MR) is 268 cm³/mol. The maximum atomic E-state index is 12.7. The molecule has 10 heteroatoms. The highest BCUT2D eigenvalue weighted by Crippen LogP contribution is 2.38. The summed E-state index contributed by atoms with van der Waals surface area (Å²) in [4.78, 5) is 37.4. The number of esters is 2. The van der Waals surface area contributed by atoms with Crippen molar-refractivity contribution in [1.82, 2.24) is 0 Å². The van der Waals surface area contributed by atoms with Gasteiger partial charge in [-0.15, -0.1) is 0 Å². The summed E-state index contributed by atoms with van der Waals surface area (Å²) >= 11 is 0. The van der Waals surface area contributed by atoms with Gasteiger partial charge in [0.2, 0.25) is 0 Å². The first-order valence-electron chi connectivity index (χ1n) is 26.3. The van der Waals surface area contributed by atoms with Gasteiger partial charge in [0.05, 0.1) is 27.7 Å². The second-order valence-corrected chi connectivity index (χ2v) is 20.3. The van der Waals surface area contributed by atoms with Gasteiger partial charge >= 0.3 is 11.9 Å². The summed E-state index contributed by atoms with van der Waals surface area (Å²) in [7, 11) is 1.17. The van der Waals surface area contributed by atoms with Crippen molar-refractivity contribution in [2.24, 2.45) is 0 Å². The van der Waals surface area contributed by atoms with Crippen LogP contribution in [0.4, 0.5) is 0 Å². The highest BCUT2D eigenvalue weighted by atomic mass is 31.2. The van der Waals surface area contributed by atoms with Crippen LogP contribution in [0.3, 0.4) is 0 Å². The molecule has 0 radical (unpaired) electrons. The van der Waals surface area contributed by atoms with Gasteiger partial charge in [0.15, 0.2) is 6.10 Å². The molecular weight excluding hydrogens is 822 g/mol. The van der Waals surface area contributed by atoms with Gasteiger partial charge in [-0.2, -0.15) is 0 Å². The van der Waals surface area contributed by atoms with Crippen LogP contribution < -0.4 is 4.89 Å².